The van der Waals surface area contributed by atoms with Gasteiger partial charge in [-0.1, -0.05) is 0 Å². The van der Waals surface area contributed by atoms with Gasteiger partial charge in [0.1, 0.15) is 5.75 Å². The number of carbonyl (C=O) groups excluding carboxylic acids is 1. The molecule has 0 aliphatic carbocycles. The van der Waals surface area contributed by atoms with Crippen LogP contribution in [0.4, 0.5) is 5.69 Å². The molecule has 1 aromatic rings. The Labute approximate surface area is 119 Å². The first-order chi connectivity index (χ1) is 9.58. The molecule has 20 heavy (non-hydrogen) atoms. The molecule has 6 nitrogen and oxygen atoms in total. The second kappa shape index (κ2) is 8.16. The Morgan fingerprint density at radius 3 is 2.75 bits per heavy atom. The van der Waals surface area contributed by atoms with E-state index in [-0.39, 0.29) is 6.79 Å². The number of rotatable bonds is 7. The number of carbonyl (C=O) groups is 1. The second-order valence-corrected chi connectivity index (χ2v) is 4.13. The van der Waals surface area contributed by atoms with E-state index in [1.54, 1.807) is 29.4 Å². The summed E-state index contributed by atoms with van der Waals surface area (Å²) in [4.78, 5) is 17.7. The molecule has 0 heterocycles. The maximum atomic E-state index is 11.7. The average molecular weight is 280 g/mol. The lowest BCUT2D eigenvalue weighted by atomic mass is 10.1. The van der Waals surface area contributed by atoms with Crippen LogP contribution in [0.15, 0.2) is 23.2 Å². The molecule has 0 saturated heterocycles. The third kappa shape index (κ3) is 4.89. The Balaban J connectivity index is 2.98. The van der Waals surface area contributed by atoms with Gasteiger partial charge in [-0.15, -0.1) is 0 Å². The van der Waals surface area contributed by atoms with Crippen molar-refractivity contribution in [1.82, 2.24) is 4.90 Å². The van der Waals surface area contributed by atoms with Crippen molar-refractivity contribution in [1.29, 1.82) is 0 Å². The summed E-state index contributed by atoms with van der Waals surface area (Å²) in [6.45, 7) is 2.62. The first-order valence-corrected chi connectivity index (χ1v) is 6.22. The molecule has 1 aromatic carbocycles. The van der Waals surface area contributed by atoms with E-state index < -0.39 is 5.97 Å². The highest BCUT2D eigenvalue weighted by Crippen LogP contribution is 2.26. The summed E-state index contributed by atoms with van der Waals surface area (Å²) in [5.41, 5.74) is 0.869. The van der Waals surface area contributed by atoms with Crippen molar-refractivity contribution in [2.24, 2.45) is 4.99 Å². The van der Waals surface area contributed by atoms with E-state index in [1.165, 1.54) is 7.11 Å². The molecule has 0 fully saturated rings. The maximum Gasteiger partial charge on any atom is 0.340 e. The van der Waals surface area contributed by atoms with Crippen molar-refractivity contribution >= 4 is 18.0 Å². The molecule has 0 aliphatic rings. The van der Waals surface area contributed by atoms with Crippen molar-refractivity contribution in [3.8, 4) is 5.75 Å². The molecular formula is C14H20N2O4. The first kappa shape index (κ1) is 16.0. The van der Waals surface area contributed by atoms with Gasteiger partial charge in [-0.2, -0.15) is 0 Å². The number of benzene rings is 1. The monoisotopic (exact) mass is 280 g/mol. The summed E-state index contributed by atoms with van der Waals surface area (Å²) in [6, 6.07) is 4.97. The minimum absolute atomic E-state index is 0.158. The number of methoxy groups -OCH3 is 1. The van der Waals surface area contributed by atoms with Crippen LogP contribution >= 0.6 is 0 Å². The van der Waals surface area contributed by atoms with Gasteiger partial charge in [0, 0.05) is 26.8 Å². The van der Waals surface area contributed by atoms with Gasteiger partial charge >= 0.3 is 5.97 Å². The zero-order valence-corrected chi connectivity index (χ0v) is 12.3. The van der Waals surface area contributed by atoms with Gasteiger partial charge in [0.2, 0.25) is 0 Å². The minimum Gasteiger partial charge on any atom is -0.467 e. The van der Waals surface area contributed by atoms with Gasteiger partial charge in [0.25, 0.3) is 0 Å². The van der Waals surface area contributed by atoms with Crippen LogP contribution in [0.2, 0.25) is 0 Å². The van der Waals surface area contributed by atoms with E-state index in [4.69, 9.17) is 14.2 Å². The molecular weight excluding hydrogens is 260 g/mol. The molecule has 0 amide bonds. The topological polar surface area (TPSA) is 60.4 Å². The van der Waals surface area contributed by atoms with Crippen molar-refractivity contribution < 1.29 is 19.0 Å². The SMILES string of the molecule is CCOCOc1ccc(C(=O)OC)c(N=CN(C)C)c1. The van der Waals surface area contributed by atoms with Gasteiger partial charge < -0.3 is 19.1 Å². The summed E-state index contributed by atoms with van der Waals surface area (Å²) in [6.07, 6.45) is 1.61. The minimum atomic E-state index is -0.438. The van der Waals surface area contributed by atoms with Crippen molar-refractivity contribution in [2.45, 2.75) is 6.92 Å². The third-order valence-electron chi connectivity index (χ3n) is 2.32. The predicted octanol–water partition coefficient (Wildman–Crippen LogP) is 2.07. The Kier molecular flexibility index (Phi) is 6.52. The molecule has 6 heteroatoms. The van der Waals surface area contributed by atoms with Gasteiger partial charge in [-0.05, 0) is 19.1 Å². The molecule has 1 rings (SSSR count). The van der Waals surface area contributed by atoms with E-state index in [2.05, 4.69) is 4.99 Å². The molecule has 0 aliphatic heterocycles. The Bertz CT molecular complexity index is 472. The van der Waals surface area contributed by atoms with Gasteiger partial charge in [0.05, 0.1) is 24.7 Å². The van der Waals surface area contributed by atoms with E-state index in [0.717, 1.165) is 0 Å². The standard InChI is InChI=1S/C14H20N2O4/c1-5-19-10-20-11-6-7-12(14(17)18-4)13(8-11)15-9-16(2)3/h6-9H,5,10H2,1-4H3. The smallest absolute Gasteiger partial charge is 0.340 e. The predicted molar refractivity (Wildman–Crippen MR) is 76.7 cm³/mol. The van der Waals surface area contributed by atoms with Gasteiger partial charge in [-0.25, -0.2) is 9.79 Å². The zero-order valence-electron chi connectivity index (χ0n) is 12.3. The van der Waals surface area contributed by atoms with Crippen molar-refractivity contribution in [3.05, 3.63) is 23.8 Å². The zero-order chi connectivity index (χ0) is 15.0. The quantitative estimate of drug-likeness (QED) is 0.251. The highest BCUT2D eigenvalue weighted by Gasteiger charge is 2.12. The van der Waals surface area contributed by atoms with Crippen LogP contribution in [0.1, 0.15) is 17.3 Å². The van der Waals surface area contributed by atoms with E-state index in [0.29, 0.717) is 23.6 Å². The van der Waals surface area contributed by atoms with E-state index in [9.17, 15) is 4.79 Å². The van der Waals surface area contributed by atoms with Gasteiger partial charge in [0.15, 0.2) is 6.79 Å². The summed E-state index contributed by atoms with van der Waals surface area (Å²) in [5.74, 6) is 0.143. The molecule has 0 N–H and O–H groups in total. The Morgan fingerprint density at radius 1 is 1.40 bits per heavy atom. The van der Waals surface area contributed by atoms with Crippen molar-refractivity contribution in [2.75, 3.05) is 34.6 Å². The van der Waals surface area contributed by atoms with E-state index in [1.807, 2.05) is 21.0 Å². The molecule has 0 spiro atoms. The first-order valence-electron chi connectivity index (χ1n) is 6.22. The number of ether oxygens (including phenoxy) is 3. The van der Waals surface area contributed by atoms with Crippen molar-refractivity contribution in [3.63, 3.8) is 0 Å². The number of esters is 1. The highest BCUT2D eigenvalue weighted by atomic mass is 16.7. The van der Waals surface area contributed by atoms with Crippen LogP contribution in [-0.2, 0) is 9.47 Å². The number of nitrogens with zero attached hydrogens (tertiary/aromatic N) is 2. The van der Waals surface area contributed by atoms with E-state index >= 15 is 0 Å². The molecule has 0 radical (unpaired) electrons. The number of hydrogen-bond acceptors (Lipinski definition) is 5. The summed E-state index contributed by atoms with van der Waals surface area (Å²) < 4.78 is 15.2. The Morgan fingerprint density at radius 2 is 2.15 bits per heavy atom. The summed E-state index contributed by atoms with van der Waals surface area (Å²) >= 11 is 0. The normalized spacial score (nSPS) is 10.6. The fraction of sp³-hybridized carbons (Fsp3) is 0.429. The molecule has 0 aromatic heterocycles. The largest absolute Gasteiger partial charge is 0.467 e. The number of hydrogen-bond donors (Lipinski definition) is 0. The highest BCUT2D eigenvalue weighted by molar-refractivity contribution is 5.95. The fourth-order valence-corrected chi connectivity index (χ4v) is 1.36. The van der Waals surface area contributed by atoms with Crippen LogP contribution in [0.25, 0.3) is 0 Å². The maximum absolute atomic E-state index is 11.7. The molecule has 0 unspecified atom stereocenters. The van der Waals surface area contributed by atoms with Crippen LogP contribution in [0, 0.1) is 0 Å². The molecule has 0 bridgehead atoms. The molecule has 0 saturated carbocycles. The summed E-state index contributed by atoms with van der Waals surface area (Å²) in [7, 11) is 5.02. The third-order valence-corrected chi connectivity index (χ3v) is 2.32. The van der Waals surface area contributed by atoms with Crippen LogP contribution in [0.5, 0.6) is 5.75 Å². The average Bonchev–Trinajstić information content (AvgIpc) is 2.44. The molecule has 0 atom stereocenters. The Hall–Kier alpha value is -2.08. The number of aliphatic imine (C=N–C) groups is 1. The van der Waals surface area contributed by atoms with Crippen LogP contribution < -0.4 is 4.74 Å². The molecule has 110 valence electrons. The van der Waals surface area contributed by atoms with Crippen LogP contribution in [0.3, 0.4) is 0 Å². The lowest BCUT2D eigenvalue weighted by Crippen LogP contribution is -2.08. The summed E-state index contributed by atoms with van der Waals surface area (Å²) in [5, 5.41) is 0. The van der Waals surface area contributed by atoms with Gasteiger partial charge in [-0.3, -0.25) is 0 Å². The lowest BCUT2D eigenvalue weighted by molar-refractivity contribution is 0.0224. The second-order valence-electron chi connectivity index (χ2n) is 4.13. The van der Waals surface area contributed by atoms with Crippen LogP contribution in [-0.4, -0.2) is 51.8 Å². The fourth-order valence-electron chi connectivity index (χ4n) is 1.36. The lowest BCUT2D eigenvalue weighted by Gasteiger charge is -2.10.